The highest BCUT2D eigenvalue weighted by atomic mass is 16.4. The van der Waals surface area contributed by atoms with Gasteiger partial charge in [0.2, 0.25) is 0 Å². The highest BCUT2D eigenvalue weighted by molar-refractivity contribution is 5.89. The first-order chi connectivity index (χ1) is 6.20. The molecular formula is C8H8N2O3. The van der Waals surface area contributed by atoms with E-state index in [-0.39, 0.29) is 5.56 Å². The number of aromatic amines is 1. The van der Waals surface area contributed by atoms with Gasteiger partial charge in [-0.05, 0) is 24.8 Å². The lowest BCUT2D eigenvalue weighted by molar-refractivity contribution is 0.0693. The molecule has 1 aromatic rings. The Morgan fingerprint density at radius 2 is 2.23 bits per heavy atom. The minimum Gasteiger partial charge on any atom is -0.477 e. The monoisotopic (exact) mass is 180 g/mol. The van der Waals surface area contributed by atoms with E-state index in [1.165, 1.54) is 0 Å². The van der Waals surface area contributed by atoms with Crippen molar-refractivity contribution in [3.63, 3.8) is 0 Å². The number of carboxylic acids is 1. The first-order valence-electron chi connectivity index (χ1n) is 4.04. The van der Waals surface area contributed by atoms with Gasteiger partial charge in [-0.1, -0.05) is 0 Å². The molecule has 68 valence electrons. The van der Waals surface area contributed by atoms with E-state index in [1.807, 2.05) is 0 Å². The predicted octanol–water partition coefficient (Wildman–Crippen LogP) is -0.0432. The molecule has 0 bridgehead atoms. The standard InChI is InChI=1S/C8H8N2O3/c11-7-6(8(12)13)4-2-1-3-5(4)9-10-7/h1-3H2,(H,10,11)(H,12,13). The lowest BCUT2D eigenvalue weighted by atomic mass is 10.1. The zero-order valence-electron chi connectivity index (χ0n) is 6.83. The average molecular weight is 180 g/mol. The van der Waals surface area contributed by atoms with E-state index in [0.717, 1.165) is 18.5 Å². The zero-order valence-corrected chi connectivity index (χ0v) is 6.83. The molecule has 5 nitrogen and oxygen atoms in total. The van der Waals surface area contributed by atoms with Crippen LogP contribution in [0.1, 0.15) is 28.0 Å². The highest BCUT2D eigenvalue weighted by Crippen LogP contribution is 2.20. The van der Waals surface area contributed by atoms with Gasteiger partial charge in [0.1, 0.15) is 5.56 Å². The molecule has 0 radical (unpaired) electrons. The molecule has 0 saturated carbocycles. The van der Waals surface area contributed by atoms with E-state index in [1.54, 1.807) is 0 Å². The Bertz CT molecular complexity index is 422. The highest BCUT2D eigenvalue weighted by Gasteiger charge is 2.22. The van der Waals surface area contributed by atoms with E-state index >= 15 is 0 Å². The molecule has 1 aliphatic carbocycles. The number of fused-ring (bicyclic) bond motifs is 1. The van der Waals surface area contributed by atoms with Gasteiger partial charge in [-0.25, -0.2) is 9.89 Å². The molecule has 1 aliphatic rings. The number of aromatic carboxylic acids is 1. The van der Waals surface area contributed by atoms with Gasteiger partial charge < -0.3 is 5.11 Å². The van der Waals surface area contributed by atoms with Crippen molar-refractivity contribution in [2.75, 3.05) is 0 Å². The van der Waals surface area contributed by atoms with Crippen LogP contribution < -0.4 is 5.56 Å². The summed E-state index contributed by atoms with van der Waals surface area (Å²) in [6.07, 6.45) is 2.28. The molecule has 0 saturated heterocycles. The molecule has 0 aliphatic heterocycles. The van der Waals surface area contributed by atoms with Crippen LogP contribution in [0.3, 0.4) is 0 Å². The predicted molar refractivity (Wildman–Crippen MR) is 43.8 cm³/mol. The number of nitrogens with one attached hydrogen (secondary N) is 1. The third kappa shape index (κ3) is 1.12. The normalized spacial score (nSPS) is 14.2. The summed E-state index contributed by atoms with van der Waals surface area (Å²) in [4.78, 5) is 21.9. The second-order valence-electron chi connectivity index (χ2n) is 3.01. The number of carbonyl (C=O) groups is 1. The lowest BCUT2D eigenvalue weighted by Crippen LogP contribution is -2.22. The summed E-state index contributed by atoms with van der Waals surface area (Å²) >= 11 is 0. The van der Waals surface area contributed by atoms with Crippen LogP contribution in [-0.4, -0.2) is 21.3 Å². The van der Waals surface area contributed by atoms with Crippen LogP contribution in [0.2, 0.25) is 0 Å². The summed E-state index contributed by atoms with van der Waals surface area (Å²) in [6.45, 7) is 0. The van der Waals surface area contributed by atoms with Crippen molar-refractivity contribution in [2.24, 2.45) is 0 Å². The minimum absolute atomic E-state index is 0.137. The van der Waals surface area contributed by atoms with Crippen LogP contribution in [0.4, 0.5) is 0 Å². The largest absolute Gasteiger partial charge is 0.477 e. The van der Waals surface area contributed by atoms with Crippen molar-refractivity contribution in [2.45, 2.75) is 19.3 Å². The molecule has 5 heteroatoms. The molecule has 0 fully saturated rings. The summed E-state index contributed by atoms with van der Waals surface area (Å²) < 4.78 is 0. The van der Waals surface area contributed by atoms with Gasteiger partial charge in [-0.3, -0.25) is 4.79 Å². The molecule has 0 unspecified atom stereocenters. The molecule has 2 N–H and O–H groups in total. The van der Waals surface area contributed by atoms with Gasteiger partial charge in [0.15, 0.2) is 0 Å². The van der Waals surface area contributed by atoms with Gasteiger partial charge in [0, 0.05) is 0 Å². The summed E-state index contributed by atoms with van der Waals surface area (Å²) in [5, 5.41) is 14.8. The number of hydrogen-bond acceptors (Lipinski definition) is 3. The Kier molecular flexibility index (Phi) is 1.65. The van der Waals surface area contributed by atoms with E-state index in [9.17, 15) is 9.59 Å². The zero-order chi connectivity index (χ0) is 9.42. The van der Waals surface area contributed by atoms with E-state index in [4.69, 9.17) is 5.11 Å². The van der Waals surface area contributed by atoms with Crippen molar-refractivity contribution in [3.8, 4) is 0 Å². The molecule has 0 aromatic carbocycles. The van der Waals surface area contributed by atoms with Crippen LogP contribution in [0.15, 0.2) is 4.79 Å². The molecule has 0 atom stereocenters. The second-order valence-corrected chi connectivity index (χ2v) is 3.01. The fourth-order valence-corrected chi connectivity index (χ4v) is 1.66. The Morgan fingerprint density at radius 1 is 1.46 bits per heavy atom. The molecule has 1 aromatic heterocycles. The summed E-state index contributed by atoms with van der Waals surface area (Å²) in [5.74, 6) is -1.16. The summed E-state index contributed by atoms with van der Waals surface area (Å²) in [7, 11) is 0. The van der Waals surface area contributed by atoms with Crippen molar-refractivity contribution < 1.29 is 9.90 Å². The van der Waals surface area contributed by atoms with Crippen LogP contribution in [0, 0.1) is 0 Å². The molecule has 1 heterocycles. The topological polar surface area (TPSA) is 83.0 Å². The quantitative estimate of drug-likeness (QED) is 0.635. The Balaban J connectivity index is 2.72. The Labute approximate surface area is 73.4 Å². The smallest absolute Gasteiger partial charge is 0.341 e. The number of aromatic nitrogens is 2. The first kappa shape index (κ1) is 7.97. The van der Waals surface area contributed by atoms with Gasteiger partial charge >= 0.3 is 5.97 Å². The molecule has 2 rings (SSSR count). The van der Waals surface area contributed by atoms with Gasteiger partial charge in [-0.15, -0.1) is 0 Å². The number of carboxylic acid groups (broad SMARTS) is 1. The maximum atomic E-state index is 11.1. The fraction of sp³-hybridized carbons (Fsp3) is 0.375. The van der Waals surface area contributed by atoms with Crippen molar-refractivity contribution >= 4 is 5.97 Å². The SMILES string of the molecule is O=C(O)c1c2c(n[nH]c1=O)CCC2. The van der Waals surface area contributed by atoms with E-state index in [2.05, 4.69) is 10.2 Å². The Morgan fingerprint density at radius 3 is 2.92 bits per heavy atom. The van der Waals surface area contributed by atoms with Gasteiger partial charge in [0.05, 0.1) is 5.69 Å². The van der Waals surface area contributed by atoms with Crippen LogP contribution in [-0.2, 0) is 12.8 Å². The fourth-order valence-electron chi connectivity index (χ4n) is 1.66. The third-order valence-corrected chi connectivity index (χ3v) is 2.22. The maximum absolute atomic E-state index is 11.1. The van der Waals surface area contributed by atoms with Crippen molar-refractivity contribution in [3.05, 3.63) is 27.2 Å². The molecule has 0 amide bonds. The number of hydrogen-bond donors (Lipinski definition) is 2. The third-order valence-electron chi connectivity index (χ3n) is 2.22. The Hall–Kier alpha value is -1.65. The number of rotatable bonds is 1. The number of aryl methyl sites for hydroxylation is 1. The average Bonchev–Trinajstić information content (AvgIpc) is 2.50. The summed E-state index contributed by atoms with van der Waals surface area (Å²) in [6, 6.07) is 0. The summed E-state index contributed by atoms with van der Waals surface area (Å²) in [5.41, 5.74) is 0.587. The minimum atomic E-state index is -1.16. The second kappa shape index (κ2) is 2.69. The first-order valence-corrected chi connectivity index (χ1v) is 4.04. The lowest BCUT2D eigenvalue weighted by Gasteiger charge is -2.00. The molecule has 0 spiro atoms. The van der Waals surface area contributed by atoms with Gasteiger partial charge in [-0.2, -0.15) is 5.10 Å². The van der Waals surface area contributed by atoms with Crippen LogP contribution in [0.5, 0.6) is 0 Å². The van der Waals surface area contributed by atoms with Crippen LogP contribution in [0.25, 0.3) is 0 Å². The van der Waals surface area contributed by atoms with Crippen molar-refractivity contribution in [1.82, 2.24) is 10.2 Å². The van der Waals surface area contributed by atoms with Gasteiger partial charge in [0.25, 0.3) is 5.56 Å². The number of H-pyrrole nitrogens is 1. The molecular weight excluding hydrogens is 172 g/mol. The van der Waals surface area contributed by atoms with E-state index in [0.29, 0.717) is 12.0 Å². The maximum Gasteiger partial charge on any atom is 0.341 e. The van der Waals surface area contributed by atoms with Crippen molar-refractivity contribution in [1.29, 1.82) is 0 Å². The van der Waals surface area contributed by atoms with E-state index < -0.39 is 11.5 Å². The van der Waals surface area contributed by atoms with Crippen LogP contribution >= 0.6 is 0 Å². The molecule has 13 heavy (non-hydrogen) atoms. The number of nitrogens with zero attached hydrogens (tertiary/aromatic N) is 1.